The third kappa shape index (κ3) is 7.62. The summed E-state index contributed by atoms with van der Waals surface area (Å²) in [4.78, 5) is -0.221. The van der Waals surface area contributed by atoms with Crippen molar-refractivity contribution in [2.75, 3.05) is 5.32 Å². The van der Waals surface area contributed by atoms with Gasteiger partial charge in [0.15, 0.2) is 5.37 Å². The van der Waals surface area contributed by atoms with Crippen LogP contribution in [0.2, 0.25) is 0 Å². The Balaban J connectivity index is 0.00000420. The Labute approximate surface area is 191 Å². The molecule has 2 atom stereocenters. The van der Waals surface area contributed by atoms with Gasteiger partial charge < -0.3 is 5.32 Å². The van der Waals surface area contributed by atoms with Crippen LogP contribution < -0.4 is 10.5 Å². The second-order valence-electron chi connectivity index (χ2n) is 5.87. The van der Waals surface area contributed by atoms with Crippen LogP contribution in [0.1, 0.15) is 17.2 Å². The van der Waals surface area contributed by atoms with Crippen LogP contribution in [0.3, 0.4) is 0 Å². The first-order valence-corrected chi connectivity index (χ1v) is 12.2. The number of hydrogen-bond donors (Lipinski definition) is 4. The Kier molecular flexibility index (Phi) is 8.83. The van der Waals surface area contributed by atoms with E-state index in [0.29, 0.717) is 0 Å². The van der Waals surface area contributed by atoms with E-state index in [4.69, 9.17) is 5.14 Å². The Bertz CT molecular complexity index is 1140. The van der Waals surface area contributed by atoms with Gasteiger partial charge in [-0.25, -0.2) is 13.6 Å². The van der Waals surface area contributed by atoms with E-state index in [1.165, 1.54) is 36.4 Å². The van der Waals surface area contributed by atoms with Crippen molar-refractivity contribution in [1.29, 1.82) is 0 Å². The van der Waals surface area contributed by atoms with Crippen LogP contribution >= 0.6 is 0 Å². The van der Waals surface area contributed by atoms with Gasteiger partial charge in [0.05, 0.1) is 4.90 Å². The normalized spacial score (nSPS) is 14.4. The van der Waals surface area contributed by atoms with Crippen molar-refractivity contribution in [2.24, 2.45) is 5.14 Å². The topological polar surface area (TPSA) is 181 Å². The number of hydrogen-bond acceptors (Lipinski definition) is 7. The molecule has 0 heterocycles. The number of primary sulfonamides is 1. The number of nitrogens with one attached hydrogen (secondary N) is 1. The van der Waals surface area contributed by atoms with Crippen molar-refractivity contribution in [3.63, 3.8) is 0 Å². The number of benzene rings is 2. The molecular formula is C15H19N2NaO8S3. The van der Waals surface area contributed by atoms with Crippen molar-refractivity contribution < 1.29 is 34.4 Å². The molecule has 0 aliphatic carbocycles. The molecule has 0 radical (unpaired) electrons. The third-order valence-electron chi connectivity index (χ3n) is 3.83. The molecule has 2 aromatic rings. The van der Waals surface area contributed by atoms with Crippen molar-refractivity contribution >= 4 is 65.5 Å². The van der Waals surface area contributed by atoms with Crippen LogP contribution in [0.15, 0.2) is 59.5 Å². The maximum atomic E-state index is 11.8. The fourth-order valence-electron chi connectivity index (χ4n) is 2.47. The molecule has 0 fully saturated rings. The van der Waals surface area contributed by atoms with E-state index >= 15 is 0 Å². The second kappa shape index (κ2) is 9.85. The third-order valence-corrected chi connectivity index (χ3v) is 6.97. The van der Waals surface area contributed by atoms with Crippen molar-refractivity contribution in [3.05, 3.63) is 60.2 Å². The van der Waals surface area contributed by atoms with E-state index in [2.05, 4.69) is 5.32 Å². The van der Waals surface area contributed by atoms with Crippen LogP contribution in [-0.4, -0.2) is 69.3 Å². The van der Waals surface area contributed by atoms with Crippen LogP contribution in [0.25, 0.3) is 0 Å². The zero-order valence-electron chi connectivity index (χ0n) is 14.2. The van der Waals surface area contributed by atoms with E-state index in [9.17, 15) is 34.4 Å². The molecule has 0 amide bonds. The maximum absolute atomic E-state index is 11.8. The fraction of sp³-hybridized carbons (Fsp3) is 0.200. The first kappa shape index (κ1) is 26.0. The summed E-state index contributed by atoms with van der Waals surface area (Å²) in [6.45, 7) is 0. The molecule has 0 spiro atoms. The van der Waals surface area contributed by atoms with Gasteiger partial charge in [-0.05, 0) is 29.8 Å². The molecule has 0 aliphatic rings. The van der Waals surface area contributed by atoms with Crippen LogP contribution in [-0.2, 0) is 30.3 Å². The van der Waals surface area contributed by atoms with E-state index in [0.717, 1.165) is 12.1 Å². The Morgan fingerprint density at radius 2 is 1.34 bits per heavy atom. The number of sulfonamides is 1. The molecule has 2 rings (SSSR count). The van der Waals surface area contributed by atoms with Gasteiger partial charge in [0.2, 0.25) is 10.0 Å². The molecule has 0 aliphatic heterocycles. The van der Waals surface area contributed by atoms with Gasteiger partial charge in [0.25, 0.3) is 20.2 Å². The number of rotatable bonds is 8. The Morgan fingerprint density at radius 1 is 0.828 bits per heavy atom. The Morgan fingerprint density at radius 3 is 1.76 bits per heavy atom. The number of nitrogens with two attached hydrogens (primary N) is 1. The van der Waals surface area contributed by atoms with E-state index in [-0.39, 0.29) is 45.7 Å². The predicted molar refractivity (Wildman–Crippen MR) is 109 cm³/mol. The molecule has 0 aromatic heterocycles. The molecule has 5 N–H and O–H groups in total. The summed E-state index contributed by atoms with van der Waals surface area (Å²) in [7, 11) is -13.5. The summed E-state index contributed by atoms with van der Waals surface area (Å²) >= 11 is 0. The summed E-state index contributed by atoms with van der Waals surface area (Å²) in [6, 6.07) is 12.0. The van der Waals surface area contributed by atoms with Gasteiger partial charge in [0.1, 0.15) is 5.25 Å². The van der Waals surface area contributed by atoms with Gasteiger partial charge in [-0.2, -0.15) is 16.8 Å². The molecule has 10 nitrogen and oxygen atoms in total. The fourth-order valence-corrected chi connectivity index (χ4v) is 4.77. The SMILES string of the molecule is NS(=O)(=O)c1ccc(NC(CC(c2ccccc2)S(=O)(=O)O)S(=O)(=O)O)cc1.[NaH]. The molecule has 2 aromatic carbocycles. The minimum atomic E-state index is -4.79. The summed E-state index contributed by atoms with van der Waals surface area (Å²) < 4.78 is 88.6. The summed E-state index contributed by atoms with van der Waals surface area (Å²) in [5, 5.41) is 3.96. The van der Waals surface area contributed by atoms with Gasteiger partial charge in [-0.3, -0.25) is 9.11 Å². The van der Waals surface area contributed by atoms with Crippen LogP contribution in [0.5, 0.6) is 0 Å². The Hall–Kier alpha value is -1.03. The van der Waals surface area contributed by atoms with Crippen LogP contribution in [0.4, 0.5) is 5.69 Å². The molecule has 14 heteroatoms. The number of anilines is 1. The predicted octanol–water partition coefficient (Wildman–Crippen LogP) is 0.331. The minimum absolute atomic E-state index is 0. The van der Waals surface area contributed by atoms with Crippen LogP contribution in [0, 0.1) is 0 Å². The van der Waals surface area contributed by atoms with Crippen molar-refractivity contribution in [1.82, 2.24) is 0 Å². The summed E-state index contributed by atoms with van der Waals surface area (Å²) in [5.41, 5.74) is 0.210. The zero-order valence-corrected chi connectivity index (χ0v) is 16.7. The van der Waals surface area contributed by atoms with Gasteiger partial charge >= 0.3 is 29.6 Å². The molecule has 2 unspecified atom stereocenters. The molecule has 156 valence electrons. The summed E-state index contributed by atoms with van der Waals surface area (Å²) in [6.07, 6.45) is -0.710. The van der Waals surface area contributed by atoms with Gasteiger partial charge in [-0.15, -0.1) is 0 Å². The average Bonchev–Trinajstić information content (AvgIpc) is 2.57. The molecule has 0 saturated carbocycles. The monoisotopic (exact) mass is 474 g/mol. The van der Waals surface area contributed by atoms with Gasteiger partial charge in [0, 0.05) is 12.1 Å². The van der Waals surface area contributed by atoms with E-state index in [1.54, 1.807) is 6.07 Å². The molecule has 29 heavy (non-hydrogen) atoms. The zero-order chi connectivity index (χ0) is 21.2. The van der Waals surface area contributed by atoms with Gasteiger partial charge in [-0.1, -0.05) is 30.3 Å². The van der Waals surface area contributed by atoms with E-state index in [1.807, 2.05) is 0 Å². The first-order chi connectivity index (χ1) is 12.8. The first-order valence-electron chi connectivity index (χ1n) is 7.65. The second-order valence-corrected chi connectivity index (χ2v) is 10.6. The molecule has 0 saturated heterocycles. The van der Waals surface area contributed by atoms with Crippen molar-refractivity contribution in [2.45, 2.75) is 21.9 Å². The quantitative estimate of drug-likeness (QED) is 0.309. The molecular weight excluding hydrogens is 455 g/mol. The average molecular weight is 475 g/mol. The standard InChI is InChI=1S/C15H18N2O8S3.Na.H/c16-26(18,19)13-8-6-12(7-9-13)17-15(28(23,24)25)10-14(27(20,21)22)11-4-2-1-3-5-11;;/h1-9,14-15,17H,10H2,(H2,16,18,19)(H,20,21,22)(H,23,24,25);;. The summed E-state index contributed by atoms with van der Waals surface area (Å²) in [5.74, 6) is 0. The van der Waals surface area contributed by atoms with E-state index < -0.39 is 47.3 Å². The molecule has 0 bridgehead atoms. The van der Waals surface area contributed by atoms with Crippen molar-refractivity contribution in [3.8, 4) is 0 Å².